The lowest BCUT2D eigenvalue weighted by molar-refractivity contribution is -0.205. The molecule has 0 saturated heterocycles. The summed E-state index contributed by atoms with van der Waals surface area (Å²) in [7, 11) is 0. The molecular weight excluding hydrogens is 224 g/mol. The Balaban J connectivity index is 2.07. The van der Waals surface area contributed by atoms with Crippen molar-refractivity contribution in [1.29, 1.82) is 0 Å². The van der Waals surface area contributed by atoms with Crippen molar-refractivity contribution in [1.82, 2.24) is 0 Å². The van der Waals surface area contributed by atoms with Crippen LogP contribution >= 0.6 is 0 Å². The van der Waals surface area contributed by atoms with Crippen LogP contribution in [0.5, 0.6) is 0 Å². The van der Waals surface area contributed by atoms with Crippen LogP contribution in [0.3, 0.4) is 0 Å². The molecule has 0 heterocycles. The first-order chi connectivity index (χ1) is 8.41. The summed E-state index contributed by atoms with van der Waals surface area (Å²) in [5.41, 5.74) is -1.58. The van der Waals surface area contributed by atoms with Crippen LogP contribution < -0.4 is 0 Å². The van der Waals surface area contributed by atoms with E-state index in [1.54, 1.807) is 0 Å². The van der Waals surface area contributed by atoms with Gasteiger partial charge in [-0.15, -0.1) is 0 Å². The number of hydrogen-bond donors (Lipinski definition) is 2. The quantitative estimate of drug-likeness (QED) is 0.752. The first kappa shape index (κ1) is 12.9. The monoisotopic (exact) mass is 252 g/mol. The SMILES string of the molecule is CC(C)(O)C12CCCCC1(O)CC1CCCCC12. The van der Waals surface area contributed by atoms with E-state index in [4.69, 9.17) is 0 Å². The Morgan fingerprint density at radius 1 is 1.00 bits per heavy atom. The van der Waals surface area contributed by atoms with Gasteiger partial charge in [0.05, 0.1) is 11.2 Å². The van der Waals surface area contributed by atoms with E-state index >= 15 is 0 Å². The van der Waals surface area contributed by atoms with Gasteiger partial charge in [-0.2, -0.15) is 0 Å². The second kappa shape index (κ2) is 3.96. The van der Waals surface area contributed by atoms with E-state index in [1.807, 2.05) is 13.8 Å². The lowest BCUT2D eigenvalue weighted by Gasteiger charge is -2.56. The van der Waals surface area contributed by atoms with Crippen molar-refractivity contribution in [2.24, 2.45) is 17.3 Å². The lowest BCUT2D eigenvalue weighted by Crippen LogP contribution is -2.61. The topological polar surface area (TPSA) is 40.5 Å². The average molecular weight is 252 g/mol. The minimum atomic E-state index is -0.751. The Labute approximate surface area is 111 Å². The van der Waals surface area contributed by atoms with Crippen LogP contribution in [-0.2, 0) is 0 Å². The number of aliphatic hydroxyl groups is 2. The molecule has 2 N–H and O–H groups in total. The molecule has 0 aliphatic heterocycles. The minimum Gasteiger partial charge on any atom is -0.390 e. The Hall–Kier alpha value is -0.0800. The van der Waals surface area contributed by atoms with Gasteiger partial charge >= 0.3 is 0 Å². The van der Waals surface area contributed by atoms with E-state index in [0.29, 0.717) is 11.8 Å². The molecule has 18 heavy (non-hydrogen) atoms. The highest BCUT2D eigenvalue weighted by molar-refractivity contribution is 5.18. The Bertz CT molecular complexity index is 332. The molecule has 0 bridgehead atoms. The number of hydrogen-bond acceptors (Lipinski definition) is 2. The highest BCUT2D eigenvalue weighted by Crippen LogP contribution is 2.67. The fourth-order valence-electron chi connectivity index (χ4n) is 5.96. The normalized spacial score (nSPS) is 48.7. The molecule has 4 atom stereocenters. The molecule has 3 aliphatic rings. The molecule has 3 aliphatic carbocycles. The Morgan fingerprint density at radius 3 is 2.39 bits per heavy atom. The molecule has 3 rings (SSSR count). The Kier molecular flexibility index (Phi) is 2.84. The van der Waals surface area contributed by atoms with Gasteiger partial charge in [0, 0.05) is 5.41 Å². The fraction of sp³-hybridized carbons (Fsp3) is 1.00. The van der Waals surface area contributed by atoms with Gasteiger partial charge in [-0.05, 0) is 51.4 Å². The lowest BCUT2D eigenvalue weighted by atomic mass is 9.52. The first-order valence-corrected chi connectivity index (χ1v) is 7.85. The van der Waals surface area contributed by atoms with Crippen LogP contribution in [0, 0.1) is 17.3 Å². The molecule has 2 heteroatoms. The van der Waals surface area contributed by atoms with E-state index in [0.717, 1.165) is 25.7 Å². The zero-order valence-corrected chi connectivity index (χ0v) is 11.9. The average Bonchev–Trinajstić information content (AvgIpc) is 2.57. The van der Waals surface area contributed by atoms with E-state index in [9.17, 15) is 10.2 Å². The van der Waals surface area contributed by atoms with Gasteiger partial charge in [0.2, 0.25) is 0 Å². The van der Waals surface area contributed by atoms with Crippen LogP contribution in [0.15, 0.2) is 0 Å². The molecule has 0 spiro atoms. The van der Waals surface area contributed by atoms with E-state index in [1.165, 1.54) is 32.1 Å². The van der Waals surface area contributed by atoms with Gasteiger partial charge in [-0.25, -0.2) is 0 Å². The molecule has 0 aromatic heterocycles. The molecule has 2 nitrogen and oxygen atoms in total. The number of fused-ring (bicyclic) bond motifs is 3. The summed E-state index contributed by atoms with van der Waals surface area (Å²) >= 11 is 0. The van der Waals surface area contributed by atoms with Crippen molar-refractivity contribution in [3.63, 3.8) is 0 Å². The van der Waals surface area contributed by atoms with Gasteiger partial charge in [0.1, 0.15) is 0 Å². The Morgan fingerprint density at radius 2 is 1.67 bits per heavy atom. The summed E-state index contributed by atoms with van der Waals surface area (Å²) in [5.74, 6) is 1.21. The maximum atomic E-state index is 11.3. The molecule has 3 fully saturated rings. The third-order valence-electron chi connectivity index (χ3n) is 6.48. The zero-order chi connectivity index (χ0) is 13.0. The highest BCUT2D eigenvalue weighted by atomic mass is 16.3. The second-order valence-corrected chi connectivity index (χ2v) is 7.62. The van der Waals surface area contributed by atoms with Crippen LogP contribution in [-0.4, -0.2) is 21.4 Å². The predicted molar refractivity (Wildman–Crippen MR) is 72.2 cm³/mol. The molecule has 0 radical (unpaired) electrons. The predicted octanol–water partition coefficient (Wildman–Crippen LogP) is 3.26. The van der Waals surface area contributed by atoms with Crippen LogP contribution in [0.4, 0.5) is 0 Å². The van der Waals surface area contributed by atoms with E-state index in [-0.39, 0.29) is 5.41 Å². The van der Waals surface area contributed by atoms with Crippen molar-refractivity contribution in [3.8, 4) is 0 Å². The summed E-state index contributed by atoms with van der Waals surface area (Å²) < 4.78 is 0. The standard InChI is InChI=1S/C16H28O2/c1-14(2,17)16-10-6-5-9-15(16,18)11-12-7-3-4-8-13(12)16/h12-13,17-18H,3-11H2,1-2H3. The zero-order valence-electron chi connectivity index (χ0n) is 11.9. The van der Waals surface area contributed by atoms with Gasteiger partial charge in [-0.3, -0.25) is 0 Å². The summed E-state index contributed by atoms with van der Waals surface area (Å²) in [6.45, 7) is 3.89. The molecule has 0 amide bonds. The fourth-order valence-corrected chi connectivity index (χ4v) is 5.96. The third-order valence-corrected chi connectivity index (χ3v) is 6.48. The van der Waals surface area contributed by atoms with E-state index < -0.39 is 11.2 Å². The summed E-state index contributed by atoms with van der Waals surface area (Å²) in [6.07, 6.45) is 10.3. The summed E-state index contributed by atoms with van der Waals surface area (Å²) in [4.78, 5) is 0. The molecular formula is C16H28O2. The molecule has 104 valence electrons. The number of rotatable bonds is 1. The van der Waals surface area contributed by atoms with Crippen molar-refractivity contribution >= 4 is 0 Å². The van der Waals surface area contributed by atoms with Gasteiger partial charge in [0.15, 0.2) is 0 Å². The molecule has 3 saturated carbocycles. The van der Waals surface area contributed by atoms with Crippen molar-refractivity contribution in [2.75, 3.05) is 0 Å². The third kappa shape index (κ3) is 1.48. The smallest absolute Gasteiger partial charge is 0.0736 e. The van der Waals surface area contributed by atoms with E-state index in [2.05, 4.69) is 0 Å². The highest BCUT2D eigenvalue weighted by Gasteiger charge is 2.68. The summed E-state index contributed by atoms with van der Waals surface area (Å²) in [6, 6.07) is 0. The maximum absolute atomic E-state index is 11.3. The van der Waals surface area contributed by atoms with Crippen molar-refractivity contribution < 1.29 is 10.2 Å². The van der Waals surface area contributed by atoms with Crippen LogP contribution in [0.1, 0.15) is 71.6 Å². The molecule has 0 aromatic rings. The van der Waals surface area contributed by atoms with Crippen LogP contribution in [0.2, 0.25) is 0 Å². The second-order valence-electron chi connectivity index (χ2n) is 7.62. The molecule has 4 unspecified atom stereocenters. The van der Waals surface area contributed by atoms with Crippen molar-refractivity contribution in [3.05, 3.63) is 0 Å². The largest absolute Gasteiger partial charge is 0.390 e. The van der Waals surface area contributed by atoms with Gasteiger partial charge < -0.3 is 10.2 Å². The van der Waals surface area contributed by atoms with Crippen molar-refractivity contribution in [2.45, 2.75) is 82.8 Å². The van der Waals surface area contributed by atoms with Crippen LogP contribution in [0.25, 0.3) is 0 Å². The molecule has 0 aromatic carbocycles. The first-order valence-electron chi connectivity index (χ1n) is 7.85. The summed E-state index contributed by atoms with van der Waals surface area (Å²) in [5, 5.41) is 22.1. The van der Waals surface area contributed by atoms with Gasteiger partial charge in [0.25, 0.3) is 0 Å². The minimum absolute atomic E-state index is 0.233. The maximum Gasteiger partial charge on any atom is 0.0736 e. The van der Waals surface area contributed by atoms with Gasteiger partial charge in [-0.1, -0.05) is 32.1 Å².